The van der Waals surface area contributed by atoms with Gasteiger partial charge in [0.05, 0.1) is 34.8 Å². The summed E-state index contributed by atoms with van der Waals surface area (Å²) in [5.74, 6) is -1.81. The second-order valence-electron chi connectivity index (χ2n) is 11.0. The van der Waals surface area contributed by atoms with Crippen LogP contribution in [-0.2, 0) is 19.1 Å². The fourth-order valence-corrected chi connectivity index (χ4v) is 6.91. The number of anilines is 2. The molecule has 9 nitrogen and oxygen atoms in total. The van der Waals surface area contributed by atoms with Crippen LogP contribution in [0.2, 0.25) is 5.02 Å². The van der Waals surface area contributed by atoms with E-state index in [2.05, 4.69) is 10.6 Å². The van der Waals surface area contributed by atoms with Crippen LogP contribution in [-0.4, -0.2) is 64.7 Å². The molecule has 2 aromatic rings. The van der Waals surface area contributed by atoms with E-state index in [0.29, 0.717) is 67.4 Å². The smallest absolute Gasteiger partial charge is 0.250 e. The first-order chi connectivity index (χ1) is 19.2. The highest BCUT2D eigenvalue weighted by atomic mass is 35.5. The zero-order valence-electron chi connectivity index (χ0n) is 22.8. The molecular formula is C30H36ClN3O6. The molecule has 3 heterocycles. The van der Waals surface area contributed by atoms with Crippen LogP contribution in [0.5, 0.6) is 5.75 Å². The Morgan fingerprint density at radius 3 is 2.52 bits per heavy atom. The van der Waals surface area contributed by atoms with E-state index in [1.54, 1.807) is 53.4 Å². The average Bonchev–Trinajstić information content (AvgIpc) is 3.50. The molecular weight excluding hydrogens is 534 g/mol. The summed E-state index contributed by atoms with van der Waals surface area (Å²) < 4.78 is 12.1. The molecule has 5 rings (SSSR count). The Hall–Kier alpha value is -3.14. The molecule has 3 saturated heterocycles. The van der Waals surface area contributed by atoms with E-state index < -0.39 is 29.1 Å². The molecule has 2 aromatic carbocycles. The molecule has 3 aliphatic rings. The summed E-state index contributed by atoms with van der Waals surface area (Å²) >= 11 is 6.33. The Morgan fingerprint density at radius 1 is 1.07 bits per heavy atom. The molecule has 3 aliphatic heterocycles. The van der Waals surface area contributed by atoms with Crippen molar-refractivity contribution >= 4 is 40.7 Å². The summed E-state index contributed by atoms with van der Waals surface area (Å²) in [6, 6.07) is 13.1. The van der Waals surface area contributed by atoms with Gasteiger partial charge in [0.2, 0.25) is 17.7 Å². The number of hydrogen-bond acceptors (Lipinski definition) is 6. The van der Waals surface area contributed by atoms with Crippen molar-refractivity contribution in [2.24, 2.45) is 11.8 Å². The number of nitrogens with zero attached hydrogens (tertiary/aromatic N) is 1. The van der Waals surface area contributed by atoms with Crippen LogP contribution in [0.4, 0.5) is 11.4 Å². The number of amides is 3. The van der Waals surface area contributed by atoms with Crippen LogP contribution in [0, 0.1) is 11.8 Å². The minimum absolute atomic E-state index is 0.0617. The number of para-hydroxylation sites is 1. The number of unbranched alkanes of at least 4 members (excludes halogenated alkanes) is 2. The Labute approximate surface area is 239 Å². The summed E-state index contributed by atoms with van der Waals surface area (Å²) in [7, 11) is 0. The lowest BCUT2D eigenvalue weighted by molar-refractivity contribution is -0.143. The van der Waals surface area contributed by atoms with Crippen LogP contribution < -0.4 is 15.4 Å². The number of halogens is 1. The van der Waals surface area contributed by atoms with Gasteiger partial charge in [-0.1, -0.05) is 23.7 Å². The number of likely N-dealkylation sites (tertiary alicyclic amines) is 1. The maximum Gasteiger partial charge on any atom is 0.250 e. The minimum Gasteiger partial charge on any atom is -0.494 e. The zero-order chi connectivity index (χ0) is 28.5. The van der Waals surface area contributed by atoms with E-state index in [1.165, 1.54) is 0 Å². The zero-order valence-corrected chi connectivity index (χ0v) is 23.6. The third-order valence-electron chi connectivity index (χ3n) is 8.43. The van der Waals surface area contributed by atoms with E-state index in [1.807, 2.05) is 13.8 Å². The van der Waals surface area contributed by atoms with Gasteiger partial charge in [-0.2, -0.15) is 0 Å². The largest absolute Gasteiger partial charge is 0.494 e. The molecule has 2 unspecified atom stereocenters. The van der Waals surface area contributed by atoms with Crippen molar-refractivity contribution < 1.29 is 29.0 Å². The van der Waals surface area contributed by atoms with Crippen molar-refractivity contribution in [1.82, 2.24) is 4.90 Å². The third-order valence-corrected chi connectivity index (χ3v) is 8.76. The van der Waals surface area contributed by atoms with Gasteiger partial charge in [-0.3, -0.25) is 14.4 Å². The van der Waals surface area contributed by atoms with E-state index in [-0.39, 0.29) is 24.3 Å². The predicted molar refractivity (Wildman–Crippen MR) is 151 cm³/mol. The van der Waals surface area contributed by atoms with Crippen molar-refractivity contribution in [3.63, 3.8) is 0 Å². The van der Waals surface area contributed by atoms with Crippen LogP contribution in [0.1, 0.15) is 46.0 Å². The van der Waals surface area contributed by atoms with E-state index in [4.69, 9.17) is 21.1 Å². The standard InChI is InChI=1S/C30H36ClN3O6/c1-3-39-20-13-11-19(12-14-20)32-26(36)23-24-28(38)34(17-7-4-8-18-35)25(30(24)16-15-29(23,2)40-30)27(37)33-22-10-6-5-9-21(22)31/h5-6,9-14,23-25,35H,3-4,7-8,15-18H2,1-2H3,(H,32,36)(H,33,37)/t23-,24+,25?,29+,30?/m1/s1. The molecule has 3 amide bonds. The molecule has 3 N–H and O–H groups in total. The van der Waals surface area contributed by atoms with Gasteiger partial charge in [0.25, 0.3) is 0 Å². The second-order valence-corrected chi connectivity index (χ2v) is 11.4. The van der Waals surface area contributed by atoms with Gasteiger partial charge in [0.1, 0.15) is 17.4 Å². The first-order valence-corrected chi connectivity index (χ1v) is 14.3. The highest BCUT2D eigenvalue weighted by Crippen LogP contribution is 2.63. The summed E-state index contributed by atoms with van der Waals surface area (Å²) in [4.78, 5) is 43.4. The first-order valence-electron chi connectivity index (χ1n) is 13.9. The molecule has 3 fully saturated rings. The summed E-state index contributed by atoms with van der Waals surface area (Å²) in [6.07, 6.45) is 2.96. The van der Waals surface area contributed by atoms with Gasteiger partial charge in [-0.15, -0.1) is 0 Å². The number of ether oxygens (including phenoxy) is 2. The molecule has 0 aromatic heterocycles. The molecule has 5 atom stereocenters. The maximum absolute atomic E-state index is 14.1. The van der Waals surface area contributed by atoms with Gasteiger partial charge in [0.15, 0.2) is 0 Å². The summed E-state index contributed by atoms with van der Waals surface area (Å²) in [5.41, 5.74) is -0.977. The topological polar surface area (TPSA) is 117 Å². The Morgan fingerprint density at radius 2 is 1.82 bits per heavy atom. The first kappa shape index (κ1) is 28.4. The number of carbonyl (C=O) groups is 3. The van der Waals surface area contributed by atoms with Crippen LogP contribution in [0.25, 0.3) is 0 Å². The van der Waals surface area contributed by atoms with Gasteiger partial charge in [-0.25, -0.2) is 0 Å². The third kappa shape index (κ3) is 4.95. The van der Waals surface area contributed by atoms with Crippen molar-refractivity contribution in [2.45, 2.75) is 63.2 Å². The van der Waals surface area contributed by atoms with Gasteiger partial charge < -0.3 is 30.1 Å². The number of hydrogen-bond donors (Lipinski definition) is 3. The second kappa shape index (κ2) is 11.4. The van der Waals surface area contributed by atoms with Crippen LogP contribution in [0.15, 0.2) is 48.5 Å². The highest BCUT2D eigenvalue weighted by Gasteiger charge is 2.77. The van der Waals surface area contributed by atoms with Crippen molar-refractivity contribution in [2.75, 3.05) is 30.4 Å². The molecule has 40 heavy (non-hydrogen) atoms. The minimum atomic E-state index is -1.13. The number of nitrogens with one attached hydrogen (secondary N) is 2. The van der Waals surface area contributed by atoms with Crippen molar-refractivity contribution in [3.05, 3.63) is 53.6 Å². The predicted octanol–water partition coefficient (Wildman–Crippen LogP) is 4.24. The van der Waals surface area contributed by atoms with Gasteiger partial charge in [0, 0.05) is 18.8 Å². The SMILES string of the molecule is CCOc1ccc(NC(=O)[C@H]2[C@H]3C(=O)N(CCCCCO)C(C(=O)Nc4ccccc4Cl)C34CC[C@]2(C)O4)cc1. The highest BCUT2D eigenvalue weighted by molar-refractivity contribution is 6.33. The number of aliphatic hydroxyl groups is 1. The lowest BCUT2D eigenvalue weighted by atomic mass is 9.66. The fourth-order valence-electron chi connectivity index (χ4n) is 6.72. The van der Waals surface area contributed by atoms with E-state index in [0.717, 1.165) is 0 Å². The number of fused-ring (bicyclic) bond motifs is 1. The van der Waals surface area contributed by atoms with E-state index >= 15 is 0 Å². The Kier molecular flexibility index (Phi) is 8.08. The van der Waals surface area contributed by atoms with E-state index in [9.17, 15) is 19.5 Å². The lowest BCUT2D eigenvalue weighted by Gasteiger charge is -2.33. The Balaban J connectivity index is 1.44. The molecule has 2 bridgehead atoms. The van der Waals surface area contributed by atoms with Gasteiger partial charge >= 0.3 is 0 Å². The molecule has 1 spiro atoms. The van der Waals surface area contributed by atoms with Crippen molar-refractivity contribution in [1.29, 1.82) is 0 Å². The van der Waals surface area contributed by atoms with Crippen LogP contribution >= 0.6 is 11.6 Å². The molecule has 214 valence electrons. The van der Waals surface area contributed by atoms with Crippen LogP contribution in [0.3, 0.4) is 0 Å². The quantitative estimate of drug-likeness (QED) is 0.348. The molecule has 0 radical (unpaired) electrons. The Bertz CT molecular complexity index is 1270. The van der Waals surface area contributed by atoms with Gasteiger partial charge in [-0.05, 0) is 82.3 Å². The average molecular weight is 570 g/mol. The number of rotatable bonds is 11. The summed E-state index contributed by atoms with van der Waals surface area (Å²) in [6.45, 7) is 4.69. The molecule has 0 saturated carbocycles. The molecule has 0 aliphatic carbocycles. The number of benzene rings is 2. The maximum atomic E-state index is 14.1. The molecule has 10 heteroatoms. The summed E-state index contributed by atoms with van der Waals surface area (Å²) in [5, 5.41) is 15.5. The number of aliphatic hydroxyl groups excluding tert-OH is 1. The fraction of sp³-hybridized carbons (Fsp3) is 0.500. The normalized spacial score (nSPS) is 28.4. The van der Waals surface area contributed by atoms with Crippen molar-refractivity contribution in [3.8, 4) is 5.75 Å². The monoisotopic (exact) mass is 569 g/mol. The number of carbonyl (C=O) groups excluding carboxylic acids is 3. The lowest BCUT2D eigenvalue weighted by Crippen LogP contribution is -2.53.